The van der Waals surface area contributed by atoms with Crippen LogP contribution in [0.3, 0.4) is 0 Å². The van der Waals surface area contributed by atoms with Gasteiger partial charge in [-0.1, -0.05) is 108 Å². The van der Waals surface area contributed by atoms with Crippen molar-refractivity contribution in [3.05, 3.63) is 141 Å². The zero-order valence-electron chi connectivity index (χ0n) is 15.1. The lowest BCUT2D eigenvalue weighted by Gasteiger charge is -2.18. The first-order chi connectivity index (χ1) is 13.7. The van der Waals surface area contributed by atoms with E-state index in [1.165, 1.54) is 0 Å². The Morgan fingerprint density at radius 2 is 0.643 bits per heavy atom. The van der Waals surface area contributed by atoms with Crippen molar-refractivity contribution in [2.75, 3.05) is 0 Å². The molecule has 0 fully saturated rings. The molecule has 0 nitrogen and oxygen atoms in total. The van der Waals surface area contributed by atoms with Gasteiger partial charge in [0.15, 0.2) is 0 Å². The summed E-state index contributed by atoms with van der Waals surface area (Å²) in [4.78, 5) is 0. The van der Waals surface area contributed by atoms with E-state index in [9.17, 15) is 0 Å². The smallest absolute Gasteiger partial charge is 0.0406 e. The Labute approximate surface area is 175 Å². The van der Waals surface area contributed by atoms with E-state index in [4.69, 9.17) is 23.2 Å². The van der Waals surface area contributed by atoms with Gasteiger partial charge >= 0.3 is 0 Å². The van der Waals surface area contributed by atoms with Gasteiger partial charge in [-0.25, -0.2) is 0 Å². The van der Waals surface area contributed by atoms with Crippen molar-refractivity contribution < 1.29 is 0 Å². The second-order valence-electron chi connectivity index (χ2n) is 6.50. The van der Waals surface area contributed by atoms with Crippen LogP contribution < -0.4 is 0 Å². The van der Waals surface area contributed by atoms with Gasteiger partial charge in [0.2, 0.25) is 0 Å². The summed E-state index contributed by atoms with van der Waals surface area (Å²) in [5.74, 6) is 0. The maximum Gasteiger partial charge on any atom is 0.0406 e. The van der Waals surface area contributed by atoms with E-state index in [2.05, 4.69) is 72.8 Å². The first-order valence-corrected chi connectivity index (χ1v) is 9.85. The van der Waals surface area contributed by atoms with Crippen molar-refractivity contribution >= 4 is 34.3 Å². The van der Waals surface area contributed by atoms with Crippen molar-refractivity contribution in [3.63, 3.8) is 0 Å². The molecule has 0 atom stereocenters. The van der Waals surface area contributed by atoms with E-state index >= 15 is 0 Å². The molecule has 0 aliphatic heterocycles. The molecular formula is C26H18Cl2. The third-order valence-corrected chi connectivity index (χ3v) is 5.14. The highest BCUT2D eigenvalue weighted by Gasteiger charge is 2.16. The Balaban J connectivity index is 2.08. The molecule has 0 aliphatic rings. The number of rotatable bonds is 4. The largest absolute Gasteiger partial charge is 0.0843 e. The van der Waals surface area contributed by atoms with Gasteiger partial charge in [0.25, 0.3) is 0 Å². The quantitative estimate of drug-likeness (QED) is 0.304. The van der Waals surface area contributed by atoms with E-state index < -0.39 is 0 Å². The third kappa shape index (κ3) is 4.04. The minimum Gasteiger partial charge on any atom is -0.0843 e. The van der Waals surface area contributed by atoms with Crippen molar-refractivity contribution in [3.8, 4) is 0 Å². The third-order valence-electron chi connectivity index (χ3n) is 4.64. The molecule has 0 unspecified atom stereocenters. The molecule has 28 heavy (non-hydrogen) atoms. The predicted octanol–water partition coefficient (Wildman–Crippen LogP) is 8.00. The Hall–Kier alpha value is -2.80. The molecular weight excluding hydrogens is 383 g/mol. The zero-order chi connectivity index (χ0) is 19.3. The van der Waals surface area contributed by atoms with Gasteiger partial charge in [-0.3, -0.25) is 0 Å². The van der Waals surface area contributed by atoms with Crippen molar-refractivity contribution in [2.24, 2.45) is 0 Å². The van der Waals surface area contributed by atoms with Crippen LogP contribution in [0.15, 0.2) is 109 Å². The second-order valence-corrected chi connectivity index (χ2v) is 7.37. The molecule has 136 valence electrons. The van der Waals surface area contributed by atoms with Gasteiger partial charge in [0, 0.05) is 10.0 Å². The van der Waals surface area contributed by atoms with E-state index in [-0.39, 0.29) is 0 Å². The number of hydrogen-bond acceptors (Lipinski definition) is 0. The van der Waals surface area contributed by atoms with E-state index in [0.717, 1.165) is 43.4 Å². The molecule has 0 spiro atoms. The van der Waals surface area contributed by atoms with Gasteiger partial charge in [0.05, 0.1) is 0 Å². The molecule has 4 aromatic carbocycles. The van der Waals surface area contributed by atoms with Crippen LogP contribution in [0.25, 0.3) is 11.1 Å². The normalized spacial score (nSPS) is 11.8. The SMILES string of the molecule is Clc1ccc(C(=C(c2ccccc2)c2ccc(Cl)cc2)c2ccccc2)cc1. The van der Waals surface area contributed by atoms with Crippen LogP contribution in [0, 0.1) is 0 Å². The monoisotopic (exact) mass is 400 g/mol. The highest BCUT2D eigenvalue weighted by molar-refractivity contribution is 6.31. The van der Waals surface area contributed by atoms with Crippen LogP contribution in [0.4, 0.5) is 0 Å². The Bertz CT molecular complexity index is 988. The summed E-state index contributed by atoms with van der Waals surface area (Å²) in [6, 6.07) is 36.9. The highest BCUT2D eigenvalue weighted by Crippen LogP contribution is 2.37. The Kier molecular flexibility index (Phi) is 5.62. The molecule has 2 heteroatoms. The molecule has 0 heterocycles. The van der Waals surface area contributed by atoms with Crippen molar-refractivity contribution in [2.45, 2.75) is 0 Å². The van der Waals surface area contributed by atoms with Gasteiger partial charge in [0.1, 0.15) is 0 Å². The van der Waals surface area contributed by atoms with Crippen LogP contribution in [-0.4, -0.2) is 0 Å². The highest BCUT2D eigenvalue weighted by atomic mass is 35.5. The fourth-order valence-corrected chi connectivity index (χ4v) is 3.61. The fraction of sp³-hybridized carbons (Fsp3) is 0. The fourth-order valence-electron chi connectivity index (χ4n) is 3.35. The summed E-state index contributed by atoms with van der Waals surface area (Å²) in [5, 5.41) is 1.45. The van der Waals surface area contributed by atoms with Crippen molar-refractivity contribution in [1.82, 2.24) is 0 Å². The van der Waals surface area contributed by atoms with E-state index in [0.29, 0.717) is 0 Å². The lowest BCUT2D eigenvalue weighted by molar-refractivity contribution is 1.50. The summed E-state index contributed by atoms with van der Waals surface area (Å²) < 4.78 is 0. The molecule has 0 amide bonds. The maximum absolute atomic E-state index is 6.16. The number of halogens is 2. The standard InChI is InChI=1S/C26H18Cl2/c27-23-15-11-21(12-16-23)25(19-7-3-1-4-8-19)26(20-9-5-2-6-10-20)22-13-17-24(28)18-14-22/h1-18H. The van der Waals surface area contributed by atoms with Crippen LogP contribution >= 0.6 is 23.2 Å². The van der Waals surface area contributed by atoms with Crippen LogP contribution in [0.5, 0.6) is 0 Å². The molecule has 0 bridgehead atoms. The molecule has 4 aromatic rings. The van der Waals surface area contributed by atoms with Gasteiger partial charge < -0.3 is 0 Å². The second kappa shape index (κ2) is 8.48. The Morgan fingerprint density at radius 1 is 0.357 bits per heavy atom. The van der Waals surface area contributed by atoms with E-state index in [1.54, 1.807) is 0 Å². The van der Waals surface area contributed by atoms with Crippen LogP contribution in [-0.2, 0) is 0 Å². The van der Waals surface area contributed by atoms with Gasteiger partial charge in [-0.15, -0.1) is 0 Å². The summed E-state index contributed by atoms with van der Waals surface area (Å²) in [6.07, 6.45) is 0. The zero-order valence-corrected chi connectivity index (χ0v) is 16.7. The lowest BCUT2D eigenvalue weighted by Crippen LogP contribution is -1.97. The molecule has 0 saturated heterocycles. The van der Waals surface area contributed by atoms with Crippen LogP contribution in [0.2, 0.25) is 10.0 Å². The Morgan fingerprint density at radius 3 is 0.964 bits per heavy atom. The minimum absolute atomic E-state index is 0.726. The topological polar surface area (TPSA) is 0 Å². The molecule has 0 N–H and O–H groups in total. The number of benzene rings is 4. The summed E-state index contributed by atoms with van der Waals surface area (Å²) in [5.41, 5.74) is 6.85. The lowest BCUT2D eigenvalue weighted by atomic mass is 9.86. The first kappa shape index (κ1) is 18.6. The van der Waals surface area contributed by atoms with Crippen LogP contribution in [0.1, 0.15) is 22.3 Å². The minimum atomic E-state index is 0.726. The van der Waals surface area contributed by atoms with E-state index in [1.807, 2.05) is 36.4 Å². The average Bonchev–Trinajstić information content (AvgIpc) is 2.75. The molecule has 0 radical (unpaired) electrons. The molecule has 0 aliphatic carbocycles. The van der Waals surface area contributed by atoms with Crippen molar-refractivity contribution in [1.29, 1.82) is 0 Å². The maximum atomic E-state index is 6.16. The molecule has 0 aromatic heterocycles. The first-order valence-electron chi connectivity index (χ1n) is 9.09. The predicted molar refractivity (Wildman–Crippen MR) is 121 cm³/mol. The summed E-state index contributed by atoms with van der Waals surface area (Å²) in [7, 11) is 0. The van der Waals surface area contributed by atoms with Gasteiger partial charge in [-0.2, -0.15) is 0 Å². The summed E-state index contributed by atoms with van der Waals surface area (Å²) >= 11 is 12.3. The number of hydrogen-bond donors (Lipinski definition) is 0. The average molecular weight is 401 g/mol. The van der Waals surface area contributed by atoms with Gasteiger partial charge in [-0.05, 0) is 57.7 Å². The molecule has 0 saturated carbocycles. The molecule has 4 rings (SSSR count). The summed E-state index contributed by atoms with van der Waals surface area (Å²) in [6.45, 7) is 0.